The van der Waals surface area contributed by atoms with Gasteiger partial charge in [0.25, 0.3) is 0 Å². The van der Waals surface area contributed by atoms with Crippen molar-refractivity contribution in [3.63, 3.8) is 0 Å². The molecular formula is C20H31N5O. The molecular weight excluding hydrogens is 326 g/mol. The van der Waals surface area contributed by atoms with Crippen LogP contribution in [0.3, 0.4) is 0 Å². The predicted octanol–water partition coefficient (Wildman–Crippen LogP) is 1.70. The van der Waals surface area contributed by atoms with Gasteiger partial charge in [0.1, 0.15) is 5.82 Å². The molecule has 142 valence electrons. The van der Waals surface area contributed by atoms with E-state index in [1.165, 1.54) is 32.1 Å². The maximum absolute atomic E-state index is 12.8. The Hall–Kier alpha value is -1.53. The Morgan fingerprint density at radius 3 is 3.00 bits per heavy atom. The minimum absolute atomic E-state index is 0.255. The zero-order valence-corrected chi connectivity index (χ0v) is 15.9. The predicted molar refractivity (Wildman–Crippen MR) is 101 cm³/mol. The van der Waals surface area contributed by atoms with Gasteiger partial charge in [-0.05, 0) is 45.7 Å². The molecule has 6 heteroatoms. The van der Waals surface area contributed by atoms with Gasteiger partial charge in [-0.1, -0.05) is 6.42 Å². The van der Waals surface area contributed by atoms with Crippen LogP contribution in [0.4, 0.5) is 0 Å². The minimum atomic E-state index is 0.255. The first-order chi connectivity index (χ1) is 12.7. The first-order valence-corrected chi connectivity index (χ1v) is 10.3. The number of carbonyl (C=O) groups is 1. The molecule has 1 amide bonds. The number of nitrogens with zero attached hydrogens (tertiary/aromatic N) is 4. The third kappa shape index (κ3) is 3.91. The largest absolute Gasteiger partial charge is 0.337 e. The molecule has 3 aliphatic heterocycles. The highest BCUT2D eigenvalue weighted by atomic mass is 16.2. The molecule has 0 saturated carbocycles. The fourth-order valence-corrected chi connectivity index (χ4v) is 4.48. The highest BCUT2D eigenvalue weighted by Crippen LogP contribution is 2.24. The standard InChI is InChI=1S/C20H31N5O/c1-15-5-2-3-9-24(15)14-19(26)25-10-7-18-17(13-25)12-22-20(23-18)16-6-4-8-21-11-16/h12,15-16,21H,2-11,13-14H2,1H3/t15-,16+/m1/s1. The average Bonchev–Trinajstić information content (AvgIpc) is 2.69. The number of rotatable bonds is 3. The summed E-state index contributed by atoms with van der Waals surface area (Å²) in [7, 11) is 0. The summed E-state index contributed by atoms with van der Waals surface area (Å²) in [5.74, 6) is 1.68. The second-order valence-corrected chi connectivity index (χ2v) is 8.12. The number of piperidine rings is 2. The lowest BCUT2D eigenvalue weighted by atomic mass is 9.98. The maximum atomic E-state index is 12.8. The second kappa shape index (κ2) is 8.01. The van der Waals surface area contributed by atoms with Crippen molar-refractivity contribution in [3.8, 4) is 0 Å². The highest BCUT2D eigenvalue weighted by molar-refractivity contribution is 5.78. The molecule has 1 aromatic heterocycles. The molecule has 6 nitrogen and oxygen atoms in total. The summed E-state index contributed by atoms with van der Waals surface area (Å²) in [6.07, 6.45) is 8.91. The number of aromatic nitrogens is 2. The van der Waals surface area contributed by atoms with E-state index in [4.69, 9.17) is 4.98 Å². The molecule has 4 heterocycles. The van der Waals surface area contributed by atoms with Gasteiger partial charge in [-0.15, -0.1) is 0 Å². The van der Waals surface area contributed by atoms with Crippen LogP contribution < -0.4 is 5.32 Å². The fourth-order valence-electron chi connectivity index (χ4n) is 4.48. The maximum Gasteiger partial charge on any atom is 0.237 e. The lowest BCUT2D eigenvalue weighted by Crippen LogP contribution is -2.47. The van der Waals surface area contributed by atoms with Crippen molar-refractivity contribution in [1.29, 1.82) is 0 Å². The first kappa shape index (κ1) is 17.9. The quantitative estimate of drug-likeness (QED) is 0.892. The highest BCUT2D eigenvalue weighted by Gasteiger charge is 2.27. The second-order valence-electron chi connectivity index (χ2n) is 8.12. The Labute approximate surface area is 156 Å². The minimum Gasteiger partial charge on any atom is -0.337 e. The molecule has 4 rings (SSSR count). The summed E-state index contributed by atoms with van der Waals surface area (Å²) in [5.41, 5.74) is 2.28. The van der Waals surface area contributed by atoms with Gasteiger partial charge in [0, 0.05) is 49.8 Å². The molecule has 0 aliphatic carbocycles. The van der Waals surface area contributed by atoms with E-state index in [0.29, 0.717) is 25.0 Å². The van der Waals surface area contributed by atoms with E-state index in [2.05, 4.69) is 22.1 Å². The monoisotopic (exact) mass is 357 g/mol. The summed E-state index contributed by atoms with van der Waals surface area (Å²) in [4.78, 5) is 26.6. The van der Waals surface area contributed by atoms with Gasteiger partial charge < -0.3 is 10.2 Å². The molecule has 1 aromatic rings. The summed E-state index contributed by atoms with van der Waals surface area (Å²) in [6, 6.07) is 0.528. The van der Waals surface area contributed by atoms with Gasteiger partial charge >= 0.3 is 0 Å². The number of nitrogens with one attached hydrogen (secondary N) is 1. The van der Waals surface area contributed by atoms with Crippen LogP contribution in [0.25, 0.3) is 0 Å². The van der Waals surface area contributed by atoms with Gasteiger partial charge in [-0.3, -0.25) is 9.69 Å². The molecule has 0 aromatic carbocycles. The lowest BCUT2D eigenvalue weighted by molar-refractivity contribution is -0.134. The third-order valence-electron chi connectivity index (χ3n) is 6.25. The van der Waals surface area contributed by atoms with Crippen LogP contribution in [0.15, 0.2) is 6.20 Å². The molecule has 0 bridgehead atoms. The van der Waals surface area contributed by atoms with E-state index >= 15 is 0 Å². The van der Waals surface area contributed by atoms with Crippen molar-refractivity contribution in [3.05, 3.63) is 23.3 Å². The van der Waals surface area contributed by atoms with Crippen molar-refractivity contribution in [2.24, 2.45) is 0 Å². The van der Waals surface area contributed by atoms with Crippen LogP contribution in [0.5, 0.6) is 0 Å². The van der Waals surface area contributed by atoms with Crippen LogP contribution in [0.1, 0.15) is 62.0 Å². The normalized spacial score (nSPS) is 27.2. The van der Waals surface area contributed by atoms with Crippen LogP contribution in [-0.4, -0.2) is 64.4 Å². The van der Waals surface area contributed by atoms with Gasteiger partial charge in [-0.25, -0.2) is 9.97 Å². The number of hydrogen-bond donors (Lipinski definition) is 1. The summed E-state index contributed by atoms with van der Waals surface area (Å²) in [5, 5.41) is 3.44. The number of amides is 1. The Balaban J connectivity index is 1.38. The van der Waals surface area contributed by atoms with Crippen LogP contribution in [0, 0.1) is 0 Å². The summed E-state index contributed by atoms with van der Waals surface area (Å²) in [6.45, 7) is 7.40. The van der Waals surface area contributed by atoms with E-state index in [-0.39, 0.29) is 5.91 Å². The molecule has 0 radical (unpaired) electrons. The molecule has 26 heavy (non-hydrogen) atoms. The Kier molecular flexibility index (Phi) is 5.50. The first-order valence-electron chi connectivity index (χ1n) is 10.3. The Bertz CT molecular complexity index is 643. The van der Waals surface area contributed by atoms with E-state index < -0.39 is 0 Å². The van der Waals surface area contributed by atoms with E-state index in [1.54, 1.807) is 0 Å². The molecule has 3 aliphatic rings. The van der Waals surface area contributed by atoms with E-state index in [1.807, 2.05) is 11.1 Å². The van der Waals surface area contributed by atoms with E-state index in [9.17, 15) is 4.79 Å². The fraction of sp³-hybridized carbons (Fsp3) is 0.750. The number of fused-ring (bicyclic) bond motifs is 1. The molecule has 0 spiro atoms. The lowest BCUT2D eigenvalue weighted by Gasteiger charge is -2.35. The zero-order valence-electron chi connectivity index (χ0n) is 15.9. The molecule has 2 fully saturated rings. The van der Waals surface area contributed by atoms with Crippen molar-refractivity contribution >= 4 is 5.91 Å². The van der Waals surface area contributed by atoms with Crippen molar-refractivity contribution in [2.45, 2.75) is 64.0 Å². The van der Waals surface area contributed by atoms with Crippen LogP contribution in [-0.2, 0) is 17.8 Å². The Morgan fingerprint density at radius 1 is 1.27 bits per heavy atom. The Morgan fingerprint density at radius 2 is 2.19 bits per heavy atom. The van der Waals surface area contributed by atoms with Gasteiger partial charge in [0.05, 0.1) is 12.2 Å². The van der Waals surface area contributed by atoms with Gasteiger partial charge in [0.15, 0.2) is 0 Å². The van der Waals surface area contributed by atoms with Crippen LogP contribution >= 0.6 is 0 Å². The molecule has 1 N–H and O–H groups in total. The smallest absolute Gasteiger partial charge is 0.237 e. The van der Waals surface area contributed by atoms with Gasteiger partial charge in [0.2, 0.25) is 5.91 Å². The molecule has 0 unspecified atom stereocenters. The summed E-state index contributed by atoms with van der Waals surface area (Å²) >= 11 is 0. The average molecular weight is 358 g/mol. The van der Waals surface area contributed by atoms with Crippen molar-refractivity contribution in [2.75, 3.05) is 32.7 Å². The van der Waals surface area contributed by atoms with Crippen LogP contribution in [0.2, 0.25) is 0 Å². The topological polar surface area (TPSA) is 61.4 Å². The zero-order chi connectivity index (χ0) is 17.9. The van der Waals surface area contributed by atoms with E-state index in [0.717, 1.165) is 49.7 Å². The molecule has 2 atom stereocenters. The SMILES string of the molecule is C[C@@H]1CCCCN1CC(=O)N1CCc2nc([C@H]3CCCNC3)ncc2C1. The summed E-state index contributed by atoms with van der Waals surface area (Å²) < 4.78 is 0. The molecule has 2 saturated heterocycles. The number of hydrogen-bond acceptors (Lipinski definition) is 5. The van der Waals surface area contributed by atoms with Crippen molar-refractivity contribution in [1.82, 2.24) is 25.1 Å². The van der Waals surface area contributed by atoms with Gasteiger partial charge in [-0.2, -0.15) is 0 Å². The number of carbonyl (C=O) groups excluding carboxylic acids is 1. The van der Waals surface area contributed by atoms with Crippen molar-refractivity contribution < 1.29 is 4.79 Å². The third-order valence-corrected chi connectivity index (χ3v) is 6.25. The number of likely N-dealkylation sites (tertiary alicyclic amines) is 1.